The van der Waals surface area contributed by atoms with Gasteiger partial charge in [0.1, 0.15) is 16.6 Å². The molecule has 0 atom stereocenters. The van der Waals surface area contributed by atoms with E-state index >= 15 is 0 Å². The molecule has 0 unspecified atom stereocenters. The Hall–Kier alpha value is -4.10. The molecule has 38 heavy (non-hydrogen) atoms. The van der Waals surface area contributed by atoms with Crippen LogP contribution in [0.15, 0.2) is 36.8 Å². The van der Waals surface area contributed by atoms with Crippen LogP contribution < -0.4 is 10.1 Å². The van der Waals surface area contributed by atoms with Crippen molar-refractivity contribution in [3.63, 3.8) is 0 Å². The number of nitrogens with zero attached hydrogens (tertiary/aromatic N) is 6. The van der Waals surface area contributed by atoms with Crippen LogP contribution in [0.2, 0.25) is 5.15 Å². The number of fused-ring (bicyclic) bond motifs is 1. The first-order valence-electron chi connectivity index (χ1n) is 11.1. The van der Waals surface area contributed by atoms with Crippen LogP contribution in [0.25, 0.3) is 11.1 Å². The number of amides is 2. The molecule has 4 aromatic rings. The van der Waals surface area contributed by atoms with Crippen molar-refractivity contribution in [3.8, 4) is 16.9 Å². The van der Waals surface area contributed by atoms with Crippen LogP contribution in [0, 0.1) is 6.92 Å². The van der Waals surface area contributed by atoms with Crippen LogP contribution >= 0.6 is 22.9 Å². The summed E-state index contributed by atoms with van der Waals surface area (Å²) in [6.45, 7) is 2.16. The van der Waals surface area contributed by atoms with E-state index in [0.29, 0.717) is 33.4 Å². The largest absolute Gasteiger partial charge is 0.494 e. The number of nitrogens with one attached hydrogen (secondary N) is 1. The Kier molecular flexibility index (Phi) is 6.95. The lowest BCUT2D eigenvalue weighted by Crippen LogP contribution is -2.27. The first-order chi connectivity index (χ1) is 18.2. The van der Waals surface area contributed by atoms with Crippen molar-refractivity contribution >= 4 is 39.9 Å². The number of aryl methyl sites for hydroxylation is 1. The van der Waals surface area contributed by atoms with Gasteiger partial charge in [-0.1, -0.05) is 22.9 Å². The summed E-state index contributed by atoms with van der Waals surface area (Å²) in [5, 5.41) is 3.38. The number of thiazole rings is 1. The molecular weight excluding hydrogens is 540 g/mol. The average Bonchev–Trinajstić information content (AvgIpc) is 3.47. The second kappa shape index (κ2) is 10.3. The number of hydrogen-bond donors (Lipinski definition) is 1. The zero-order valence-corrected chi connectivity index (χ0v) is 21.5. The fourth-order valence-corrected chi connectivity index (χ4v) is 5.06. The van der Waals surface area contributed by atoms with Crippen molar-refractivity contribution in [3.05, 3.63) is 75.3 Å². The van der Waals surface area contributed by atoms with Crippen molar-refractivity contribution < 1.29 is 23.1 Å². The van der Waals surface area contributed by atoms with E-state index in [1.807, 2.05) is 0 Å². The molecule has 4 aromatic heterocycles. The summed E-state index contributed by atoms with van der Waals surface area (Å²) in [5.41, 5.74) is 2.59. The summed E-state index contributed by atoms with van der Waals surface area (Å²) in [6, 6.07) is 4.65. The van der Waals surface area contributed by atoms with Crippen molar-refractivity contribution in [1.29, 1.82) is 0 Å². The van der Waals surface area contributed by atoms with Crippen LogP contribution in [0.4, 0.5) is 13.9 Å². The highest BCUT2D eigenvalue weighted by Crippen LogP contribution is 2.35. The number of ether oxygens (including phenoxy) is 1. The lowest BCUT2D eigenvalue weighted by atomic mass is 10.0. The van der Waals surface area contributed by atoms with Gasteiger partial charge >= 0.3 is 0 Å². The molecule has 0 aromatic carbocycles. The van der Waals surface area contributed by atoms with E-state index in [1.165, 1.54) is 41.8 Å². The van der Waals surface area contributed by atoms with Crippen molar-refractivity contribution in [1.82, 2.24) is 29.8 Å². The molecule has 1 aliphatic rings. The highest BCUT2D eigenvalue weighted by atomic mass is 35.5. The second-order valence-electron chi connectivity index (χ2n) is 8.18. The molecule has 1 aliphatic heterocycles. The van der Waals surface area contributed by atoms with Gasteiger partial charge in [-0.15, -0.1) is 0 Å². The molecule has 0 fully saturated rings. The Morgan fingerprint density at radius 1 is 1.13 bits per heavy atom. The Labute approximate surface area is 223 Å². The quantitative estimate of drug-likeness (QED) is 0.338. The average molecular weight is 558 g/mol. The van der Waals surface area contributed by atoms with Crippen molar-refractivity contribution in [2.24, 2.45) is 0 Å². The maximum atomic E-state index is 13.3. The van der Waals surface area contributed by atoms with Gasteiger partial charge in [0.15, 0.2) is 11.0 Å². The van der Waals surface area contributed by atoms with Crippen LogP contribution in [0.5, 0.6) is 5.75 Å². The highest BCUT2D eigenvalue weighted by Gasteiger charge is 2.30. The van der Waals surface area contributed by atoms with E-state index in [2.05, 4.69) is 30.2 Å². The first kappa shape index (κ1) is 25.5. The molecule has 0 saturated heterocycles. The monoisotopic (exact) mass is 557 g/mol. The van der Waals surface area contributed by atoms with E-state index in [4.69, 9.17) is 16.3 Å². The zero-order chi connectivity index (χ0) is 27.0. The van der Waals surface area contributed by atoms with Crippen LogP contribution in [-0.4, -0.2) is 48.7 Å². The normalized spacial score (nSPS) is 12.5. The van der Waals surface area contributed by atoms with Gasteiger partial charge in [0.25, 0.3) is 18.2 Å². The fourth-order valence-electron chi connectivity index (χ4n) is 3.92. The molecular formula is C24H18ClF2N7O3S. The third kappa shape index (κ3) is 5.02. The van der Waals surface area contributed by atoms with Gasteiger partial charge in [-0.2, -0.15) is 0 Å². The lowest BCUT2D eigenvalue weighted by molar-refractivity contribution is 0.0742. The van der Waals surface area contributed by atoms with Crippen molar-refractivity contribution in [2.75, 3.05) is 12.4 Å². The van der Waals surface area contributed by atoms with E-state index in [0.717, 1.165) is 11.1 Å². The summed E-state index contributed by atoms with van der Waals surface area (Å²) in [7, 11) is 1.50. The first-order valence-corrected chi connectivity index (χ1v) is 12.3. The minimum atomic E-state index is -2.88. The number of carbonyl (C=O) groups excluding carboxylic acids is 2. The van der Waals surface area contributed by atoms with E-state index in [9.17, 15) is 18.4 Å². The number of carbonyl (C=O) groups is 2. The Morgan fingerprint density at radius 2 is 1.95 bits per heavy atom. The third-order valence-electron chi connectivity index (χ3n) is 5.68. The highest BCUT2D eigenvalue weighted by molar-refractivity contribution is 7.16. The van der Waals surface area contributed by atoms with Gasteiger partial charge in [-0.3, -0.25) is 19.9 Å². The molecule has 0 saturated carbocycles. The molecule has 0 radical (unpaired) electrons. The Bertz CT molecular complexity index is 1540. The number of alkyl halides is 2. The minimum Gasteiger partial charge on any atom is -0.494 e. The van der Waals surface area contributed by atoms with Gasteiger partial charge < -0.3 is 9.64 Å². The predicted molar refractivity (Wildman–Crippen MR) is 134 cm³/mol. The molecule has 5 rings (SSSR count). The van der Waals surface area contributed by atoms with Gasteiger partial charge in [0.2, 0.25) is 0 Å². The molecule has 2 amide bonds. The number of rotatable bonds is 6. The molecule has 10 nitrogen and oxygen atoms in total. The van der Waals surface area contributed by atoms with E-state index in [1.54, 1.807) is 19.1 Å². The predicted octanol–water partition coefficient (Wildman–Crippen LogP) is 4.71. The molecule has 14 heteroatoms. The molecule has 5 heterocycles. The fraction of sp³-hybridized carbons (Fsp3) is 0.208. The smallest absolute Gasteiger partial charge is 0.297 e. The van der Waals surface area contributed by atoms with Gasteiger partial charge in [-0.05, 0) is 25.1 Å². The summed E-state index contributed by atoms with van der Waals surface area (Å²) < 4.78 is 31.2. The van der Waals surface area contributed by atoms with Gasteiger partial charge in [0, 0.05) is 29.2 Å². The zero-order valence-electron chi connectivity index (χ0n) is 19.9. The third-order valence-corrected chi connectivity index (χ3v) is 6.88. The van der Waals surface area contributed by atoms with Crippen LogP contribution in [0.3, 0.4) is 0 Å². The van der Waals surface area contributed by atoms with E-state index in [-0.39, 0.29) is 29.5 Å². The lowest BCUT2D eigenvalue weighted by Gasteiger charge is -2.15. The molecule has 0 aliphatic carbocycles. The topological polar surface area (TPSA) is 123 Å². The van der Waals surface area contributed by atoms with Crippen LogP contribution in [-0.2, 0) is 13.1 Å². The summed E-state index contributed by atoms with van der Waals surface area (Å²) in [5.74, 6) is -1.21. The molecule has 194 valence electrons. The number of anilines is 1. The number of methoxy groups -OCH3 is 1. The molecule has 0 bridgehead atoms. The Balaban J connectivity index is 1.34. The Morgan fingerprint density at radius 3 is 2.68 bits per heavy atom. The number of pyridine rings is 2. The number of hydrogen-bond acceptors (Lipinski definition) is 9. The van der Waals surface area contributed by atoms with E-state index < -0.39 is 24.1 Å². The standard InChI is InChI=1S/C24H18ClF2N7O3S/c1-11-5-12(13-6-19(25)30-8-17(13)37-2)14(7-29-11)22(35)33-24-32-16-9-34(10-18(16)38-24)23(36)15-3-4-28-21(31-15)20(26)27/h3-8,20H,9-10H2,1-2H3,(H,32,33,35). The molecule has 1 N–H and O–H groups in total. The summed E-state index contributed by atoms with van der Waals surface area (Å²) >= 11 is 7.32. The van der Waals surface area contributed by atoms with Gasteiger partial charge in [-0.25, -0.2) is 28.7 Å². The summed E-state index contributed by atoms with van der Waals surface area (Å²) in [4.78, 5) is 48.1. The minimum absolute atomic E-state index is 0.120. The maximum Gasteiger partial charge on any atom is 0.297 e. The maximum absolute atomic E-state index is 13.3. The summed E-state index contributed by atoms with van der Waals surface area (Å²) in [6.07, 6.45) is 1.19. The number of aromatic nitrogens is 5. The SMILES string of the molecule is COc1cnc(Cl)cc1-c1cc(C)ncc1C(=O)Nc1nc2c(s1)CN(C(=O)c1ccnc(C(F)F)n1)C2. The molecule has 0 spiro atoms. The van der Waals surface area contributed by atoms with Crippen LogP contribution in [0.1, 0.15) is 49.4 Å². The van der Waals surface area contributed by atoms with Crippen molar-refractivity contribution in [2.45, 2.75) is 26.4 Å². The van der Waals surface area contributed by atoms with Gasteiger partial charge in [0.05, 0.1) is 42.5 Å². The number of halogens is 3. The second-order valence-corrected chi connectivity index (χ2v) is 9.65.